The number of esters is 2. The monoisotopic (exact) mass is 590 g/mol. The fourth-order valence-electron chi connectivity index (χ4n) is 9.85. The van der Waals surface area contributed by atoms with Gasteiger partial charge in [-0.25, -0.2) is 0 Å². The van der Waals surface area contributed by atoms with Crippen molar-refractivity contribution in [1.82, 2.24) is 0 Å². The zero-order valence-corrected chi connectivity index (χ0v) is 27.6. The Labute approximate surface area is 261 Å². The molecule has 7 atom stereocenters. The SMILES string of the molecule is CC(C)CCCC[C@H]1CCC2[C@@H]3CC=C4C[C@@H](OC(=O)CCCCC(=O)OCc5ccccc5)CC[C@]4(C)C3CC[C@@]21C. The highest BCUT2D eigenvalue weighted by molar-refractivity contribution is 5.70. The van der Waals surface area contributed by atoms with Crippen LogP contribution in [0.25, 0.3) is 0 Å². The van der Waals surface area contributed by atoms with E-state index in [0.29, 0.717) is 37.7 Å². The summed E-state index contributed by atoms with van der Waals surface area (Å²) in [7, 11) is 0. The van der Waals surface area contributed by atoms with Crippen molar-refractivity contribution in [1.29, 1.82) is 0 Å². The lowest BCUT2D eigenvalue weighted by molar-refractivity contribution is -0.152. The highest BCUT2D eigenvalue weighted by Crippen LogP contribution is 2.66. The van der Waals surface area contributed by atoms with Crippen LogP contribution in [0.4, 0.5) is 0 Å². The van der Waals surface area contributed by atoms with Crippen LogP contribution < -0.4 is 0 Å². The zero-order valence-electron chi connectivity index (χ0n) is 27.6. The first kappa shape index (κ1) is 32.3. The number of fused-ring (bicyclic) bond motifs is 5. The molecular weight excluding hydrogens is 532 g/mol. The summed E-state index contributed by atoms with van der Waals surface area (Å²) in [5.41, 5.74) is 3.39. The lowest BCUT2D eigenvalue weighted by Gasteiger charge is -2.58. The fraction of sp³-hybridized carbons (Fsp3) is 0.744. The van der Waals surface area contributed by atoms with Gasteiger partial charge in [0.15, 0.2) is 0 Å². The average molecular weight is 591 g/mol. The number of rotatable bonds is 13. The standard InChI is InChI=1S/C39H58O4/c1-28(2)12-8-9-15-30-19-21-34-33-20-18-31-26-32(22-24-39(31,4)35(33)23-25-38(30,34)3)43-37(41)17-11-10-16-36(40)42-27-29-13-6-5-7-14-29/h5-7,13-14,18,28,30,32-35H,8-12,15-17,19-27H2,1-4H3/t30-,32-,33-,34?,35?,38+,39-/m0/s1. The first-order valence-electron chi connectivity index (χ1n) is 17.8. The minimum atomic E-state index is -0.205. The van der Waals surface area contributed by atoms with Crippen molar-refractivity contribution < 1.29 is 19.1 Å². The predicted molar refractivity (Wildman–Crippen MR) is 173 cm³/mol. The smallest absolute Gasteiger partial charge is 0.306 e. The summed E-state index contributed by atoms with van der Waals surface area (Å²) in [4.78, 5) is 24.8. The van der Waals surface area contributed by atoms with Crippen LogP contribution in [0.2, 0.25) is 0 Å². The molecule has 5 rings (SSSR count). The van der Waals surface area contributed by atoms with E-state index in [-0.39, 0.29) is 23.5 Å². The number of carbonyl (C=O) groups excluding carboxylic acids is 2. The van der Waals surface area contributed by atoms with Crippen LogP contribution in [-0.2, 0) is 25.7 Å². The molecule has 0 saturated heterocycles. The maximum absolute atomic E-state index is 12.7. The highest BCUT2D eigenvalue weighted by atomic mass is 16.5. The Balaban J connectivity index is 1.05. The Morgan fingerprint density at radius 3 is 2.42 bits per heavy atom. The summed E-state index contributed by atoms with van der Waals surface area (Å²) in [6.45, 7) is 10.2. The van der Waals surface area contributed by atoms with Crippen LogP contribution in [0.5, 0.6) is 0 Å². The van der Waals surface area contributed by atoms with Gasteiger partial charge in [0.2, 0.25) is 0 Å². The number of hydrogen-bond acceptors (Lipinski definition) is 4. The van der Waals surface area contributed by atoms with Crippen LogP contribution in [0, 0.1) is 40.4 Å². The molecule has 0 N–H and O–H groups in total. The van der Waals surface area contributed by atoms with Gasteiger partial charge in [-0.2, -0.15) is 0 Å². The van der Waals surface area contributed by atoms with E-state index in [1.54, 1.807) is 5.57 Å². The molecule has 4 aliphatic carbocycles. The molecule has 1 aromatic rings. The lowest BCUT2D eigenvalue weighted by atomic mass is 9.47. The van der Waals surface area contributed by atoms with E-state index in [4.69, 9.17) is 9.47 Å². The fourth-order valence-corrected chi connectivity index (χ4v) is 9.85. The van der Waals surface area contributed by atoms with Crippen LogP contribution in [0.1, 0.15) is 136 Å². The molecule has 0 aromatic heterocycles. The van der Waals surface area contributed by atoms with Crippen LogP contribution in [0.15, 0.2) is 42.0 Å². The molecule has 238 valence electrons. The summed E-state index contributed by atoms with van der Waals surface area (Å²) >= 11 is 0. The Hall–Kier alpha value is -2.10. The minimum absolute atomic E-state index is 0.00905. The van der Waals surface area contributed by atoms with Crippen molar-refractivity contribution in [3.05, 3.63) is 47.5 Å². The van der Waals surface area contributed by atoms with Gasteiger partial charge in [0, 0.05) is 19.3 Å². The van der Waals surface area contributed by atoms with Crippen LogP contribution in [-0.4, -0.2) is 18.0 Å². The predicted octanol–water partition coefficient (Wildman–Crippen LogP) is 10.00. The second-order valence-electron chi connectivity index (χ2n) is 15.5. The minimum Gasteiger partial charge on any atom is -0.462 e. The van der Waals surface area contributed by atoms with E-state index in [1.165, 1.54) is 57.8 Å². The molecule has 43 heavy (non-hydrogen) atoms. The average Bonchev–Trinajstić information content (AvgIpc) is 3.33. The molecule has 0 radical (unpaired) electrons. The number of benzene rings is 1. The number of ether oxygens (including phenoxy) is 2. The van der Waals surface area contributed by atoms with E-state index < -0.39 is 0 Å². The molecule has 2 unspecified atom stereocenters. The second kappa shape index (κ2) is 14.3. The molecule has 4 nitrogen and oxygen atoms in total. The first-order chi connectivity index (χ1) is 20.7. The molecule has 4 heteroatoms. The van der Waals surface area contributed by atoms with Crippen LogP contribution in [0.3, 0.4) is 0 Å². The summed E-state index contributed by atoms with van der Waals surface area (Å²) in [6, 6.07) is 9.72. The largest absolute Gasteiger partial charge is 0.462 e. The van der Waals surface area contributed by atoms with Crippen molar-refractivity contribution in [3.8, 4) is 0 Å². The van der Waals surface area contributed by atoms with E-state index in [0.717, 1.165) is 54.4 Å². The number of unbranched alkanes of at least 4 members (excludes halogenated alkanes) is 2. The quantitative estimate of drug-likeness (QED) is 0.130. The van der Waals surface area contributed by atoms with Gasteiger partial charge in [-0.3, -0.25) is 9.59 Å². The Morgan fingerprint density at radius 1 is 0.884 bits per heavy atom. The first-order valence-corrected chi connectivity index (χ1v) is 17.8. The zero-order chi connectivity index (χ0) is 30.5. The molecule has 1 aromatic carbocycles. The molecule has 0 heterocycles. The van der Waals surface area contributed by atoms with E-state index in [2.05, 4.69) is 33.8 Å². The van der Waals surface area contributed by atoms with Crippen molar-refractivity contribution >= 4 is 11.9 Å². The van der Waals surface area contributed by atoms with Gasteiger partial charge in [0.05, 0.1) is 0 Å². The molecule has 4 aliphatic rings. The van der Waals surface area contributed by atoms with Crippen LogP contribution >= 0.6 is 0 Å². The van der Waals surface area contributed by atoms with Gasteiger partial charge in [-0.15, -0.1) is 0 Å². The molecular formula is C39H58O4. The Kier molecular flexibility index (Phi) is 10.8. The lowest BCUT2D eigenvalue weighted by Crippen LogP contribution is -2.50. The number of hydrogen-bond donors (Lipinski definition) is 0. The summed E-state index contributed by atoms with van der Waals surface area (Å²) in [6.07, 6.45) is 20.2. The third-order valence-corrected chi connectivity index (χ3v) is 12.4. The summed E-state index contributed by atoms with van der Waals surface area (Å²) < 4.78 is 11.4. The summed E-state index contributed by atoms with van der Waals surface area (Å²) in [5.74, 6) is 3.97. The van der Waals surface area contributed by atoms with E-state index >= 15 is 0 Å². The molecule has 0 aliphatic heterocycles. The highest BCUT2D eigenvalue weighted by Gasteiger charge is 2.58. The van der Waals surface area contributed by atoms with Crippen molar-refractivity contribution in [3.63, 3.8) is 0 Å². The van der Waals surface area contributed by atoms with Gasteiger partial charge in [0.1, 0.15) is 12.7 Å². The van der Waals surface area contributed by atoms with Gasteiger partial charge in [-0.1, -0.05) is 88.9 Å². The molecule has 0 spiro atoms. The molecule has 0 amide bonds. The Morgan fingerprint density at radius 2 is 1.65 bits per heavy atom. The van der Waals surface area contributed by atoms with Crippen molar-refractivity contribution in [2.75, 3.05) is 0 Å². The summed E-state index contributed by atoms with van der Waals surface area (Å²) in [5, 5.41) is 0. The molecule has 0 bridgehead atoms. The van der Waals surface area contributed by atoms with E-state index in [1.807, 2.05) is 30.3 Å². The van der Waals surface area contributed by atoms with Gasteiger partial charge in [0.25, 0.3) is 0 Å². The third-order valence-electron chi connectivity index (χ3n) is 12.4. The maximum atomic E-state index is 12.7. The maximum Gasteiger partial charge on any atom is 0.306 e. The normalized spacial score (nSPS) is 33.2. The number of allylic oxidation sites excluding steroid dienone is 1. The number of carbonyl (C=O) groups is 2. The van der Waals surface area contributed by atoms with Gasteiger partial charge in [-0.05, 0) is 110 Å². The van der Waals surface area contributed by atoms with E-state index in [9.17, 15) is 9.59 Å². The topological polar surface area (TPSA) is 52.6 Å². The second-order valence-corrected chi connectivity index (χ2v) is 15.5. The Bertz CT molecular complexity index is 1110. The van der Waals surface area contributed by atoms with Crippen molar-refractivity contribution in [2.45, 2.75) is 143 Å². The van der Waals surface area contributed by atoms with Gasteiger partial charge < -0.3 is 9.47 Å². The van der Waals surface area contributed by atoms with Crippen molar-refractivity contribution in [2.24, 2.45) is 40.4 Å². The molecule has 3 fully saturated rings. The van der Waals surface area contributed by atoms with Gasteiger partial charge >= 0.3 is 11.9 Å². The third kappa shape index (κ3) is 7.59. The molecule has 3 saturated carbocycles.